The molecule has 3 heteroatoms. The predicted molar refractivity (Wildman–Crippen MR) is 98.0 cm³/mol. The Hall–Kier alpha value is 0.239. The highest BCUT2D eigenvalue weighted by atomic mass is 28.4. The van der Waals surface area contributed by atoms with Crippen molar-refractivity contribution in [3.63, 3.8) is 0 Å². The van der Waals surface area contributed by atoms with Gasteiger partial charge in [0.1, 0.15) is 0 Å². The Balaban J connectivity index is 2.12. The van der Waals surface area contributed by atoms with Crippen LogP contribution in [0.3, 0.4) is 0 Å². The van der Waals surface area contributed by atoms with Gasteiger partial charge in [0.15, 0.2) is 6.71 Å². The van der Waals surface area contributed by atoms with Crippen LogP contribution in [0.5, 0.6) is 0 Å². The molecule has 0 amide bonds. The standard InChI is InChI=1S/C17H33BSi2/c1-19(2,3)17(20(4,5)6)16-15-8-7-13-9-14(10-15)12-18(16)11-13/h13-15H,7-12H2,1-6H3/t13-,14-,15+/m1/s1. The highest BCUT2D eigenvalue weighted by molar-refractivity contribution is 7.05. The Kier molecular flexibility index (Phi) is 3.69. The summed E-state index contributed by atoms with van der Waals surface area (Å²) in [6.45, 7) is 16.7. The number of allylic oxidation sites excluding steroid dienone is 1. The lowest BCUT2D eigenvalue weighted by Gasteiger charge is -2.45. The number of fused-ring (bicyclic) bond motifs is 1. The van der Waals surface area contributed by atoms with Crippen molar-refractivity contribution in [2.75, 3.05) is 0 Å². The summed E-state index contributed by atoms with van der Waals surface area (Å²) in [7, 11) is -2.33. The SMILES string of the molecule is C[Si](C)(C)C(=C1B2C[C@@H]3C[C@@H](CC[C@H]1C3)C2)[Si](C)(C)C. The van der Waals surface area contributed by atoms with Crippen molar-refractivity contribution in [1.29, 1.82) is 0 Å². The lowest BCUT2D eigenvalue weighted by Crippen LogP contribution is -2.47. The lowest BCUT2D eigenvalue weighted by molar-refractivity contribution is 0.374. The maximum absolute atomic E-state index is 2.62. The second-order valence-electron chi connectivity index (χ2n) is 9.98. The molecule has 0 aromatic carbocycles. The van der Waals surface area contributed by atoms with Crippen LogP contribution < -0.4 is 0 Å². The van der Waals surface area contributed by atoms with E-state index in [0.29, 0.717) is 0 Å². The van der Waals surface area contributed by atoms with E-state index < -0.39 is 16.1 Å². The van der Waals surface area contributed by atoms with Crippen molar-refractivity contribution in [2.24, 2.45) is 17.8 Å². The van der Waals surface area contributed by atoms with Crippen LogP contribution in [0.25, 0.3) is 0 Å². The molecule has 0 aromatic heterocycles. The predicted octanol–water partition coefficient (Wildman–Crippen LogP) is 5.52. The van der Waals surface area contributed by atoms with Gasteiger partial charge in [-0.2, -0.15) is 0 Å². The summed E-state index contributed by atoms with van der Waals surface area (Å²) < 4.78 is 0. The number of rotatable bonds is 2. The molecule has 4 bridgehead atoms. The van der Waals surface area contributed by atoms with Gasteiger partial charge in [-0.05, 0) is 37.0 Å². The number of hydrogen-bond donors (Lipinski definition) is 0. The smallest absolute Gasteiger partial charge is 0.106 e. The first-order valence-electron chi connectivity index (χ1n) is 8.91. The molecule has 4 aliphatic rings. The molecular weight excluding hydrogens is 271 g/mol. The molecule has 1 aliphatic carbocycles. The van der Waals surface area contributed by atoms with Gasteiger partial charge >= 0.3 is 0 Å². The van der Waals surface area contributed by atoms with Crippen molar-refractivity contribution in [1.82, 2.24) is 0 Å². The minimum atomic E-state index is -1.16. The Bertz CT molecular complexity index is 401. The van der Waals surface area contributed by atoms with Crippen molar-refractivity contribution in [2.45, 2.75) is 77.6 Å². The van der Waals surface area contributed by atoms with E-state index in [2.05, 4.69) is 49.6 Å². The molecule has 3 saturated heterocycles. The molecule has 3 aliphatic heterocycles. The summed E-state index contributed by atoms with van der Waals surface area (Å²) in [6.07, 6.45) is 9.33. The summed E-state index contributed by atoms with van der Waals surface area (Å²) in [4.78, 5) is 2.08. The minimum absolute atomic E-state index is 1.000. The second-order valence-corrected chi connectivity index (χ2v) is 20.5. The molecule has 4 rings (SSSR count). The Morgan fingerprint density at radius 2 is 1.45 bits per heavy atom. The van der Waals surface area contributed by atoms with Crippen LogP contribution in [0.4, 0.5) is 0 Å². The fourth-order valence-corrected chi connectivity index (χ4v) is 17.8. The first kappa shape index (κ1) is 15.1. The summed E-state index contributed by atoms with van der Waals surface area (Å²) >= 11 is 0. The topological polar surface area (TPSA) is 0 Å². The van der Waals surface area contributed by atoms with Gasteiger partial charge in [-0.3, -0.25) is 0 Å². The maximum atomic E-state index is 2.62. The van der Waals surface area contributed by atoms with Gasteiger partial charge in [0.2, 0.25) is 0 Å². The number of hydrogen-bond acceptors (Lipinski definition) is 0. The van der Waals surface area contributed by atoms with Crippen LogP contribution in [0.15, 0.2) is 10.3 Å². The molecule has 0 spiro atoms. The summed E-state index contributed by atoms with van der Waals surface area (Å²) in [5, 5.41) is 0. The van der Waals surface area contributed by atoms with E-state index in [1.54, 1.807) is 31.9 Å². The van der Waals surface area contributed by atoms with Gasteiger partial charge in [0.05, 0.1) is 16.1 Å². The fourth-order valence-electron chi connectivity index (χ4n) is 6.22. The monoisotopic (exact) mass is 304 g/mol. The molecule has 0 aromatic rings. The molecule has 0 radical (unpaired) electrons. The first-order valence-corrected chi connectivity index (χ1v) is 15.9. The molecule has 3 atom stereocenters. The van der Waals surface area contributed by atoms with E-state index in [4.69, 9.17) is 0 Å². The average Bonchev–Trinajstić information content (AvgIpc) is 2.46. The van der Waals surface area contributed by atoms with E-state index in [9.17, 15) is 0 Å². The molecule has 4 fully saturated rings. The third kappa shape index (κ3) is 2.65. The van der Waals surface area contributed by atoms with E-state index in [-0.39, 0.29) is 0 Å². The largest absolute Gasteiger partial charge is 0.170 e. The van der Waals surface area contributed by atoms with Crippen LogP contribution in [-0.4, -0.2) is 22.9 Å². The quantitative estimate of drug-likeness (QED) is 0.589. The van der Waals surface area contributed by atoms with Crippen LogP contribution in [0, 0.1) is 17.8 Å². The van der Waals surface area contributed by atoms with Gasteiger partial charge in [0, 0.05) is 0 Å². The van der Waals surface area contributed by atoms with E-state index in [1.165, 1.54) is 6.42 Å². The zero-order valence-corrected chi connectivity index (χ0v) is 16.6. The first-order chi connectivity index (χ1) is 9.16. The summed E-state index contributed by atoms with van der Waals surface area (Å²) in [5.41, 5.74) is 2.06. The summed E-state index contributed by atoms with van der Waals surface area (Å²) in [6, 6.07) is 0. The van der Waals surface area contributed by atoms with Crippen LogP contribution in [0.1, 0.15) is 25.7 Å². The second kappa shape index (κ2) is 4.87. The molecule has 0 nitrogen and oxygen atoms in total. The Labute approximate surface area is 128 Å². The maximum Gasteiger partial charge on any atom is 0.170 e. The van der Waals surface area contributed by atoms with Gasteiger partial charge < -0.3 is 0 Å². The zero-order valence-electron chi connectivity index (χ0n) is 14.6. The fraction of sp³-hybridized carbons (Fsp3) is 0.882. The van der Waals surface area contributed by atoms with E-state index in [0.717, 1.165) is 24.5 Å². The van der Waals surface area contributed by atoms with Crippen molar-refractivity contribution in [3.05, 3.63) is 10.3 Å². The highest BCUT2D eigenvalue weighted by Gasteiger charge is 2.47. The van der Waals surface area contributed by atoms with Gasteiger partial charge in [-0.1, -0.05) is 63.2 Å². The lowest BCUT2D eigenvalue weighted by atomic mass is 9.30. The van der Waals surface area contributed by atoms with Crippen LogP contribution >= 0.6 is 0 Å². The van der Waals surface area contributed by atoms with Gasteiger partial charge in [-0.15, -0.1) is 5.47 Å². The van der Waals surface area contributed by atoms with E-state index in [1.807, 2.05) is 0 Å². The summed E-state index contributed by atoms with van der Waals surface area (Å²) in [5.74, 6) is 3.19. The van der Waals surface area contributed by atoms with Gasteiger partial charge in [-0.25, -0.2) is 0 Å². The normalized spacial score (nSPS) is 33.6. The average molecular weight is 304 g/mol. The molecule has 20 heavy (non-hydrogen) atoms. The van der Waals surface area contributed by atoms with Crippen LogP contribution in [-0.2, 0) is 0 Å². The molecule has 1 saturated carbocycles. The zero-order chi connectivity index (χ0) is 14.7. The van der Waals surface area contributed by atoms with E-state index >= 15 is 0 Å². The Morgan fingerprint density at radius 1 is 0.850 bits per heavy atom. The van der Waals surface area contributed by atoms with Crippen molar-refractivity contribution >= 4 is 22.9 Å². The Morgan fingerprint density at radius 3 is 2.05 bits per heavy atom. The third-order valence-corrected chi connectivity index (χ3v) is 14.2. The van der Waals surface area contributed by atoms with Crippen LogP contribution in [0.2, 0.25) is 51.9 Å². The molecule has 0 N–H and O–H groups in total. The van der Waals surface area contributed by atoms with Crippen molar-refractivity contribution in [3.8, 4) is 0 Å². The molecule has 0 unspecified atom stereocenters. The van der Waals surface area contributed by atoms with Gasteiger partial charge in [0.25, 0.3) is 0 Å². The third-order valence-electron chi connectivity index (χ3n) is 6.11. The molecule has 112 valence electrons. The van der Waals surface area contributed by atoms with Crippen molar-refractivity contribution < 1.29 is 0 Å². The molecule has 3 heterocycles. The minimum Gasteiger partial charge on any atom is -0.106 e. The highest BCUT2D eigenvalue weighted by Crippen LogP contribution is 2.53. The molecular formula is C17H33BSi2.